The van der Waals surface area contributed by atoms with Gasteiger partial charge in [-0.1, -0.05) is 41.9 Å². The summed E-state index contributed by atoms with van der Waals surface area (Å²) in [5.74, 6) is 0.146. The molecule has 21 heavy (non-hydrogen) atoms. The minimum Gasteiger partial charge on any atom is -0.309 e. The van der Waals surface area contributed by atoms with Crippen LogP contribution in [0.3, 0.4) is 0 Å². The molecule has 1 aliphatic heterocycles. The lowest BCUT2D eigenvalue weighted by molar-refractivity contribution is 0.568. The van der Waals surface area contributed by atoms with Crippen LogP contribution in [-0.2, 0) is 16.3 Å². The maximum Gasteiger partial charge on any atom is 0.180 e. The van der Waals surface area contributed by atoms with Crippen molar-refractivity contribution in [3.8, 4) is 0 Å². The third-order valence-electron chi connectivity index (χ3n) is 3.73. The van der Waals surface area contributed by atoms with Crippen molar-refractivity contribution in [1.82, 2.24) is 5.32 Å². The van der Waals surface area contributed by atoms with E-state index in [0.717, 1.165) is 23.6 Å². The Morgan fingerprint density at radius 2 is 1.81 bits per heavy atom. The van der Waals surface area contributed by atoms with Gasteiger partial charge < -0.3 is 5.32 Å². The predicted molar refractivity (Wildman–Crippen MR) is 84.4 cm³/mol. The van der Waals surface area contributed by atoms with E-state index < -0.39 is 9.84 Å². The van der Waals surface area contributed by atoms with Crippen LogP contribution in [0.25, 0.3) is 0 Å². The SMILES string of the molecule is O=S1(=O)CC(NCCc2ccc(Cl)cc2)c2ccccc21. The van der Waals surface area contributed by atoms with Gasteiger partial charge in [0, 0.05) is 11.1 Å². The lowest BCUT2D eigenvalue weighted by atomic mass is 10.1. The molecule has 0 saturated heterocycles. The molecule has 0 amide bonds. The molecular weight excluding hydrogens is 306 g/mol. The molecule has 3 rings (SSSR count). The lowest BCUT2D eigenvalue weighted by Gasteiger charge is -2.12. The first-order valence-corrected chi connectivity index (χ1v) is 8.89. The maximum atomic E-state index is 12.1. The Kier molecular flexibility index (Phi) is 4.02. The van der Waals surface area contributed by atoms with Gasteiger partial charge in [-0.15, -0.1) is 0 Å². The standard InChI is InChI=1S/C16H16ClNO2S/c17-13-7-5-12(6-8-13)9-10-18-15-11-21(19,20)16-4-2-1-3-14(15)16/h1-8,15,18H,9-11H2. The molecule has 110 valence electrons. The molecule has 3 nitrogen and oxygen atoms in total. The number of fused-ring (bicyclic) bond motifs is 1. The fraction of sp³-hybridized carbons (Fsp3) is 0.250. The van der Waals surface area contributed by atoms with Gasteiger partial charge in [-0.05, 0) is 42.3 Å². The summed E-state index contributed by atoms with van der Waals surface area (Å²) < 4.78 is 24.2. The van der Waals surface area contributed by atoms with Crippen molar-refractivity contribution in [3.63, 3.8) is 0 Å². The molecule has 2 aromatic rings. The van der Waals surface area contributed by atoms with Crippen LogP contribution in [0.5, 0.6) is 0 Å². The van der Waals surface area contributed by atoms with E-state index >= 15 is 0 Å². The highest BCUT2D eigenvalue weighted by molar-refractivity contribution is 7.91. The van der Waals surface area contributed by atoms with E-state index in [0.29, 0.717) is 4.90 Å². The molecule has 1 heterocycles. The monoisotopic (exact) mass is 321 g/mol. The molecule has 1 N–H and O–H groups in total. The van der Waals surface area contributed by atoms with Crippen LogP contribution in [0, 0.1) is 0 Å². The normalized spacial score (nSPS) is 19.4. The topological polar surface area (TPSA) is 46.2 Å². The molecule has 0 bridgehead atoms. The van der Waals surface area contributed by atoms with Gasteiger partial charge in [0.15, 0.2) is 9.84 Å². The third kappa shape index (κ3) is 3.12. The summed E-state index contributed by atoms with van der Waals surface area (Å²) in [4.78, 5) is 0.467. The molecule has 0 aromatic heterocycles. The number of benzene rings is 2. The minimum atomic E-state index is -3.14. The molecule has 0 aliphatic carbocycles. The number of hydrogen-bond donors (Lipinski definition) is 1. The number of hydrogen-bond acceptors (Lipinski definition) is 3. The van der Waals surface area contributed by atoms with E-state index in [1.165, 1.54) is 5.56 Å². The molecule has 1 unspecified atom stereocenters. The van der Waals surface area contributed by atoms with Crippen LogP contribution in [0.4, 0.5) is 0 Å². The van der Waals surface area contributed by atoms with E-state index in [4.69, 9.17) is 11.6 Å². The second kappa shape index (κ2) is 5.79. The van der Waals surface area contributed by atoms with E-state index in [2.05, 4.69) is 5.32 Å². The zero-order valence-corrected chi connectivity index (χ0v) is 13.0. The summed E-state index contributed by atoms with van der Waals surface area (Å²) in [6.07, 6.45) is 0.843. The van der Waals surface area contributed by atoms with Gasteiger partial charge in [-0.2, -0.15) is 0 Å². The summed E-state index contributed by atoms with van der Waals surface area (Å²) >= 11 is 5.85. The van der Waals surface area contributed by atoms with Crippen molar-refractivity contribution in [1.29, 1.82) is 0 Å². The van der Waals surface area contributed by atoms with Gasteiger partial charge >= 0.3 is 0 Å². The molecule has 1 aliphatic rings. The first-order valence-electron chi connectivity index (χ1n) is 6.86. The molecule has 0 spiro atoms. The smallest absolute Gasteiger partial charge is 0.180 e. The largest absolute Gasteiger partial charge is 0.309 e. The minimum absolute atomic E-state index is 0.112. The second-order valence-corrected chi connectivity index (χ2v) is 7.64. The highest BCUT2D eigenvalue weighted by Gasteiger charge is 2.33. The highest BCUT2D eigenvalue weighted by atomic mass is 35.5. The number of halogens is 1. The fourth-order valence-corrected chi connectivity index (χ4v) is 4.56. The van der Waals surface area contributed by atoms with Gasteiger partial charge in [0.05, 0.1) is 10.6 Å². The van der Waals surface area contributed by atoms with Crippen LogP contribution in [0.1, 0.15) is 17.2 Å². The average Bonchev–Trinajstić information content (AvgIpc) is 2.73. The van der Waals surface area contributed by atoms with Crippen molar-refractivity contribution in [3.05, 3.63) is 64.7 Å². The van der Waals surface area contributed by atoms with Crippen molar-refractivity contribution in [2.45, 2.75) is 17.4 Å². The molecule has 0 fully saturated rings. The number of nitrogens with one attached hydrogen (secondary N) is 1. The summed E-state index contributed by atoms with van der Waals surface area (Å²) in [6.45, 7) is 0.732. The molecule has 0 radical (unpaired) electrons. The van der Waals surface area contributed by atoms with Gasteiger partial charge in [0.25, 0.3) is 0 Å². The van der Waals surface area contributed by atoms with Gasteiger partial charge in [0.2, 0.25) is 0 Å². The van der Waals surface area contributed by atoms with Crippen LogP contribution in [-0.4, -0.2) is 20.7 Å². The Morgan fingerprint density at radius 1 is 1.10 bits per heavy atom. The summed E-state index contributed by atoms with van der Waals surface area (Å²) in [7, 11) is -3.14. The van der Waals surface area contributed by atoms with Crippen molar-refractivity contribution in [2.24, 2.45) is 0 Å². The van der Waals surface area contributed by atoms with E-state index in [1.807, 2.05) is 36.4 Å². The Bertz CT molecular complexity index is 741. The number of rotatable bonds is 4. The van der Waals surface area contributed by atoms with Crippen LogP contribution < -0.4 is 5.32 Å². The average molecular weight is 322 g/mol. The third-order valence-corrected chi connectivity index (χ3v) is 5.80. The lowest BCUT2D eigenvalue weighted by Crippen LogP contribution is -2.25. The van der Waals surface area contributed by atoms with Gasteiger partial charge in [0.1, 0.15) is 0 Å². The Labute approximate surface area is 129 Å². The summed E-state index contributed by atoms with van der Waals surface area (Å²) in [5, 5.41) is 4.07. The summed E-state index contributed by atoms with van der Waals surface area (Å²) in [6, 6.07) is 14.8. The summed E-state index contributed by atoms with van der Waals surface area (Å²) in [5.41, 5.74) is 2.06. The van der Waals surface area contributed by atoms with Crippen LogP contribution >= 0.6 is 11.6 Å². The first kappa shape index (κ1) is 14.6. The second-order valence-electron chi connectivity index (χ2n) is 5.20. The first-order chi connectivity index (χ1) is 10.1. The zero-order valence-electron chi connectivity index (χ0n) is 11.4. The van der Waals surface area contributed by atoms with Crippen molar-refractivity contribution < 1.29 is 8.42 Å². The van der Waals surface area contributed by atoms with Crippen molar-refractivity contribution >= 4 is 21.4 Å². The molecule has 1 atom stereocenters. The molecule has 5 heteroatoms. The molecule has 0 saturated carbocycles. The quantitative estimate of drug-likeness (QED) is 0.941. The van der Waals surface area contributed by atoms with Crippen LogP contribution in [0.2, 0.25) is 5.02 Å². The van der Waals surface area contributed by atoms with Crippen LogP contribution in [0.15, 0.2) is 53.4 Å². The van der Waals surface area contributed by atoms with E-state index in [9.17, 15) is 8.42 Å². The number of sulfone groups is 1. The van der Waals surface area contributed by atoms with E-state index in [1.54, 1.807) is 12.1 Å². The molecule has 2 aromatic carbocycles. The highest BCUT2D eigenvalue weighted by Crippen LogP contribution is 2.32. The molecular formula is C16H16ClNO2S. The maximum absolute atomic E-state index is 12.1. The zero-order chi connectivity index (χ0) is 14.9. The Morgan fingerprint density at radius 3 is 2.57 bits per heavy atom. The van der Waals surface area contributed by atoms with Gasteiger partial charge in [-0.3, -0.25) is 0 Å². The fourth-order valence-electron chi connectivity index (χ4n) is 2.66. The van der Waals surface area contributed by atoms with E-state index in [-0.39, 0.29) is 11.8 Å². The Hall–Kier alpha value is -1.36. The van der Waals surface area contributed by atoms with Gasteiger partial charge in [-0.25, -0.2) is 8.42 Å². The van der Waals surface area contributed by atoms with Crippen molar-refractivity contribution in [2.75, 3.05) is 12.3 Å². The Balaban J connectivity index is 1.66. The predicted octanol–water partition coefficient (Wildman–Crippen LogP) is 3.00.